The van der Waals surface area contributed by atoms with E-state index in [9.17, 15) is 0 Å². The SMILES string of the molecule is C.CC(C)(C)C1CCC(Oc2ccc3cc(CNCCC#N)ccc3c2)CC1.CC(C)(C)C1CCC(Oc2ccc3cc(CNCCc4nn[nH]n4)ccc3c2)CC1. The minimum absolute atomic E-state index is 0. The molecule has 1 aromatic heterocycles. The third-order valence-electron chi connectivity index (χ3n) is 12.1. The van der Waals surface area contributed by atoms with Crippen LogP contribution in [0.1, 0.15) is 124 Å². The molecule has 9 heteroatoms. The fraction of sp³-hybridized carbons (Fsp3) is 0.551. The Hall–Kier alpha value is -4.52. The Kier molecular flexibility index (Phi) is 16.1. The predicted octanol–water partition coefficient (Wildman–Crippen LogP) is 11.1. The van der Waals surface area contributed by atoms with Crippen LogP contribution in [0.25, 0.3) is 21.5 Å². The molecule has 1 heterocycles. The van der Waals surface area contributed by atoms with Gasteiger partial charge in [-0.25, -0.2) is 0 Å². The molecule has 5 aromatic rings. The van der Waals surface area contributed by atoms with Crippen LogP contribution in [0.3, 0.4) is 0 Å². The van der Waals surface area contributed by atoms with E-state index < -0.39 is 0 Å². The van der Waals surface area contributed by atoms with Gasteiger partial charge in [-0.15, -0.1) is 10.2 Å². The maximum absolute atomic E-state index is 8.59. The molecule has 4 aromatic carbocycles. The van der Waals surface area contributed by atoms with Gasteiger partial charge in [0, 0.05) is 39.0 Å². The van der Waals surface area contributed by atoms with Crippen molar-refractivity contribution in [3.05, 3.63) is 89.7 Å². The number of tetrazole rings is 1. The average molecular weight is 788 g/mol. The van der Waals surface area contributed by atoms with Crippen molar-refractivity contribution < 1.29 is 9.47 Å². The molecule has 0 unspecified atom stereocenters. The number of nitriles is 1. The van der Waals surface area contributed by atoms with Crippen molar-refractivity contribution in [2.75, 3.05) is 13.1 Å². The third-order valence-corrected chi connectivity index (χ3v) is 12.1. The average Bonchev–Trinajstić information content (AvgIpc) is 3.72. The van der Waals surface area contributed by atoms with Gasteiger partial charge in [0.2, 0.25) is 0 Å². The minimum Gasteiger partial charge on any atom is -0.490 e. The first-order chi connectivity index (χ1) is 27.4. The van der Waals surface area contributed by atoms with E-state index in [1.807, 2.05) is 0 Å². The molecule has 3 N–H and O–H groups in total. The van der Waals surface area contributed by atoms with Crippen molar-refractivity contribution in [2.45, 2.75) is 138 Å². The van der Waals surface area contributed by atoms with Gasteiger partial charge in [0.1, 0.15) is 11.5 Å². The quantitative estimate of drug-likeness (QED) is 0.101. The first-order valence-electron chi connectivity index (χ1n) is 21.3. The summed E-state index contributed by atoms with van der Waals surface area (Å²) in [6, 6.07) is 28.2. The predicted molar refractivity (Wildman–Crippen MR) is 238 cm³/mol. The Labute approximate surface area is 348 Å². The number of ether oxygens (including phenoxy) is 2. The Bertz CT molecular complexity index is 2030. The molecule has 0 bridgehead atoms. The molecule has 0 saturated heterocycles. The highest BCUT2D eigenvalue weighted by Crippen LogP contribution is 2.40. The normalized spacial score (nSPS) is 19.7. The Morgan fingerprint density at radius 1 is 0.638 bits per heavy atom. The van der Waals surface area contributed by atoms with Crippen molar-refractivity contribution in [1.82, 2.24) is 31.3 Å². The number of hydrogen-bond donors (Lipinski definition) is 3. The summed E-state index contributed by atoms with van der Waals surface area (Å²) in [5.74, 6) is 4.34. The lowest BCUT2D eigenvalue weighted by Crippen LogP contribution is -2.30. The second-order valence-corrected chi connectivity index (χ2v) is 18.4. The van der Waals surface area contributed by atoms with Crippen molar-refractivity contribution in [3.63, 3.8) is 0 Å². The zero-order valence-corrected chi connectivity index (χ0v) is 35.2. The maximum Gasteiger partial charge on any atom is 0.175 e. The van der Waals surface area contributed by atoms with Crippen LogP contribution in [-0.4, -0.2) is 45.9 Å². The van der Waals surface area contributed by atoms with Crippen molar-refractivity contribution >= 4 is 21.5 Å². The van der Waals surface area contributed by atoms with Gasteiger partial charge in [0.15, 0.2) is 5.82 Å². The second kappa shape index (κ2) is 20.9. The molecule has 0 amide bonds. The monoisotopic (exact) mass is 788 g/mol. The summed E-state index contributed by atoms with van der Waals surface area (Å²) in [6.07, 6.45) is 11.7. The summed E-state index contributed by atoms with van der Waals surface area (Å²) >= 11 is 0. The summed E-state index contributed by atoms with van der Waals surface area (Å²) in [5, 5.41) is 34.2. The number of H-pyrrole nitrogens is 1. The first-order valence-corrected chi connectivity index (χ1v) is 21.3. The van der Waals surface area contributed by atoms with E-state index in [4.69, 9.17) is 14.7 Å². The molecular weight excluding hydrogens is 719 g/mol. The number of nitrogens with zero attached hydrogens (tertiary/aromatic N) is 4. The highest BCUT2D eigenvalue weighted by molar-refractivity contribution is 5.85. The zero-order valence-electron chi connectivity index (χ0n) is 35.2. The molecule has 7 rings (SSSR count). The number of hydrogen-bond acceptors (Lipinski definition) is 8. The number of benzene rings is 4. The number of nitrogens with one attached hydrogen (secondary N) is 3. The van der Waals surface area contributed by atoms with Crippen LogP contribution in [0.4, 0.5) is 0 Å². The molecular formula is C49H69N7O2. The number of rotatable bonds is 13. The van der Waals surface area contributed by atoms with Gasteiger partial charge in [0.05, 0.1) is 18.3 Å². The van der Waals surface area contributed by atoms with E-state index in [1.165, 1.54) is 58.4 Å². The van der Waals surface area contributed by atoms with E-state index in [1.54, 1.807) is 0 Å². The minimum atomic E-state index is 0. The topological polar surface area (TPSA) is 121 Å². The lowest BCUT2D eigenvalue weighted by molar-refractivity contribution is 0.0881. The van der Waals surface area contributed by atoms with E-state index in [-0.39, 0.29) is 7.43 Å². The molecule has 2 aliphatic rings. The van der Waals surface area contributed by atoms with Gasteiger partial charge < -0.3 is 20.1 Å². The zero-order chi connectivity index (χ0) is 40.3. The van der Waals surface area contributed by atoms with Crippen LogP contribution < -0.4 is 20.1 Å². The molecule has 0 radical (unpaired) electrons. The summed E-state index contributed by atoms with van der Waals surface area (Å²) in [5.41, 5.74) is 3.34. The smallest absolute Gasteiger partial charge is 0.175 e. The van der Waals surface area contributed by atoms with Crippen molar-refractivity contribution in [3.8, 4) is 17.6 Å². The summed E-state index contributed by atoms with van der Waals surface area (Å²) in [6.45, 7) is 17.3. The molecule has 312 valence electrons. The van der Waals surface area contributed by atoms with Gasteiger partial charge >= 0.3 is 0 Å². The number of fused-ring (bicyclic) bond motifs is 2. The third kappa shape index (κ3) is 13.3. The van der Waals surface area contributed by atoms with Crippen molar-refractivity contribution in [1.29, 1.82) is 5.26 Å². The Balaban J connectivity index is 0.000000218. The van der Waals surface area contributed by atoms with Gasteiger partial charge in [-0.05, 0) is 143 Å². The molecule has 2 saturated carbocycles. The van der Waals surface area contributed by atoms with E-state index in [0.29, 0.717) is 29.5 Å². The molecule has 0 aliphatic heterocycles. The van der Waals surface area contributed by atoms with Gasteiger partial charge in [-0.3, -0.25) is 0 Å². The molecule has 0 atom stereocenters. The highest BCUT2D eigenvalue weighted by Gasteiger charge is 2.31. The van der Waals surface area contributed by atoms with E-state index in [0.717, 1.165) is 87.4 Å². The Morgan fingerprint density at radius 3 is 1.52 bits per heavy atom. The Morgan fingerprint density at radius 2 is 1.09 bits per heavy atom. The first kappa shape index (κ1) is 44.6. The molecule has 2 fully saturated rings. The molecule has 9 nitrogen and oxygen atoms in total. The van der Waals surface area contributed by atoms with Crippen LogP contribution >= 0.6 is 0 Å². The lowest BCUT2D eigenvalue weighted by atomic mass is 9.72. The van der Waals surface area contributed by atoms with E-state index >= 15 is 0 Å². The van der Waals surface area contributed by atoms with Crippen LogP contribution in [0, 0.1) is 34.0 Å². The second-order valence-electron chi connectivity index (χ2n) is 18.4. The summed E-state index contributed by atoms with van der Waals surface area (Å²) < 4.78 is 12.6. The van der Waals surface area contributed by atoms with E-state index in [2.05, 4.69) is 152 Å². The van der Waals surface area contributed by atoms with Crippen LogP contribution in [0.5, 0.6) is 11.5 Å². The highest BCUT2D eigenvalue weighted by atomic mass is 16.5. The van der Waals surface area contributed by atoms with Crippen LogP contribution in [0.2, 0.25) is 0 Å². The molecule has 0 spiro atoms. The number of aromatic nitrogens is 4. The van der Waals surface area contributed by atoms with Crippen molar-refractivity contribution in [2.24, 2.45) is 22.7 Å². The van der Waals surface area contributed by atoms with Crippen LogP contribution in [-0.2, 0) is 19.5 Å². The number of aromatic amines is 1. The fourth-order valence-electron chi connectivity index (χ4n) is 8.49. The van der Waals surface area contributed by atoms with Gasteiger partial charge in [0.25, 0.3) is 0 Å². The maximum atomic E-state index is 8.59. The summed E-state index contributed by atoms with van der Waals surface area (Å²) in [7, 11) is 0. The van der Waals surface area contributed by atoms with Gasteiger partial charge in [-0.2, -0.15) is 10.5 Å². The lowest BCUT2D eigenvalue weighted by Gasteiger charge is -2.37. The summed E-state index contributed by atoms with van der Waals surface area (Å²) in [4.78, 5) is 0. The molecule has 2 aliphatic carbocycles. The standard InChI is InChI=1S/C24H33N5O.C24H32N2O.CH4/c1-24(2,3)20-7-10-21(11-8-20)30-22-9-6-18-14-17(4-5-19(18)15-22)16-25-13-12-23-26-28-29-27-23;1-24(2,3)21-8-11-22(12-9-21)27-23-10-7-19-15-18(5-6-20(19)16-23)17-26-14-4-13-25;/h4-6,9,14-15,20-21,25H,7-8,10-13,16H2,1-3H3,(H,26,27,28,29);5-7,10,15-16,21-22,26H,4,8-9,11-12,14,17H2,1-3H3;1H4. The largest absolute Gasteiger partial charge is 0.490 e. The fourth-order valence-corrected chi connectivity index (χ4v) is 8.49. The molecule has 58 heavy (non-hydrogen) atoms. The van der Waals surface area contributed by atoms with Crippen LogP contribution in [0.15, 0.2) is 72.8 Å². The van der Waals surface area contributed by atoms with Gasteiger partial charge in [-0.1, -0.05) is 90.6 Å².